The van der Waals surface area contributed by atoms with E-state index in [1.165, 1.54) is 14.0 Å². The standard InChI is InChI=1S/C26H26N4O4/c1-19(31)34-23-11-8-20(18-24(23)33-2)9-13-26(32)30-16-14-29(15-17-30)25-12-10-22(27-28-25)21-6-4-3-5-7-21/h3-13,18H,14-17H2,1-2H3/b13-9+. The molecule has 34 heavy (non-hydrogen) atoms. The number of ether oxygens (including phenoxy) is 2. The van der Waals surface area contributed by atoms with Crippen LogP contribution < -0.4 is 14.4 Å². The largest absolute Gasteiger partial charge is 0.493 e. The Hall–Kier alpha value is -4.20. The molecule has 0 atom stereocenters. The van der Waals surface area contributed by atoms with Crippen molar-refractivity contribution in [2.75, 3.05) is 38.2 Å². The fraction of sp³-hybridized carbons (Fsp3) is 0.231. The van der Waals surface area contributed by atoms with Gasteiger partial charge in [-0.15, -0.1) is 10.2 Å². The Labute approximate surface area is 198 Å². The van der Waals surface area contributed by atoms with E-state index in [0.29, 0.717) is 37.7 Å². The van der Waals surface area contributed by atoms with Crippen LogP contribution in [-0.4, -0.2) is 60.3 Å². The van der Waals surface area contributed by atoms with Gasteiger partial charge in [-0.1, -0.05) is 36.4 Å². The number of aromatic nitrogens is 2. The Kier molecular flexibility index (Phi) is 7.17. The summed E-state index contributed by atoms with van der Waals surface area (Å²) in [6.07, 6.45) is 3.27. The van der Waals surface area contributed by atoms with Crippen molar-refractivity contribution in [1.29, 1.82) is 0 Å². The molecule has 1 aromatic heterocycles. The summed E-state index contributed by atoms with van der Waals surface area (Å²) < 4.78 is 10.4. The zero-order valence-electron chi connectivity index (χ0n) is 19.2. The van der Waals surface area contributed by atoms with E-state index >= 15 is 0 Å². The minimum absolute atomic E-state index is 0.0619. The molecule has 1 saturated heterocycles. The van der Waals surface area contributed by atoms with Gasteiger partial charge in [0, 0.05) is 44.7 Å². The third kappa shape index (κ3) is 5.58. The summed E-state index contributed by atoms with van der Waals surface area (Å²) in [6.45, 7) is 3.89. The number of nitrogens with zero attached hydrogens (tertiary/aromatic N) is 4. The van der Waals surface area contributed by atoms with E-state index in [4.69, 9.17) is 9.47 Å². The van der Waals surface area contributed by atoms with Gasteiger partial charge < -0.3 is 19.3 Å². The first-order chi connectivity index (χ1) is 16.5. The van der Waals surface area contributed by atoms with Gasteiger partial charge in [0.25, 0.3) is 0 Å². The van der Waals surface area contributed by atoms with Crippen molar-refractivity contribution < 1.29 is 19.1 Å². The fourth-order valence-corrected chi connectivity index (χ4v) is 3.71. The molecule has 2 heterocycles. The van der Waals surface area contributed by atoms with Gasteiger partial charge in [0.2, 0.25) is 5.91 Å². The molecule has 8 nitrogen and oxygen atoms in total. The van der Waals surface area contributed by atoms with Crippen LogP contribution >= 0.6 is 0 Å². The van der Waals surface area contributed by atoms with Crippen molar-refractivity contribution in [2.24, 2.45) is 0 Å². The van der Waals surface area contributed by atoms with Crippen molar-refractivity contribution in [1.82, 2.24) is 15.1 Å². The molecule has 174 valence electrons. The molecule has 8 heteroatoms. The number of hydrogen-bond acceptors (Lipinski definition) is 7. The molecule has 0 spiro atoms. The fourth-order valence-electron chi connectivity index (χ4n) is 3.71. The second kappa shape index (κ2) is 10.6. The number of amides is 1. The van der Waals surface area contributed by atoms with E-state index in [1.807, 2.05) is 47.4 Å². The lowest BCUT2D eigenvalue weighted by Crippen LogP contribution is -2.48. The molecule has 0 aliphatic carbocycles. The topological polar surface area (TPSA) is 84.9 Å². The molecule has 1 amide bonds. The molecule has 1 aliphatic heterocycles. The zero-order valence-corrected chi connectivity index (χ0v) is 19.2. The first kappa shape index (κ1) is 23.0. The van der Waals surface area contributed by atoms with Gasteiger partial charge in [-0.2, -0.15) is 0 Å². The van der Waals surface area contributed by atoms with E-state index in [2.05, 4.69) is 15.1 Å². The van der Waals surface area contributed by atoms with Gasteiger partial charge in [0.05, 0.1) is 12.8 Å². The number of rotatable bonds is 6. The third-order valence-electron chi connectivity index (χ3n) is 5.50. The minimum atomic E-state index is -0.422. The maximum atomic E-state index is 12.7. The number of benzene rings is 2. The van der Waals surface area contributed by atoms with Gasteiger partial charge in [-0.05, 0) is 35.9 Å². The second-order valence-electron chi connectivity index (χ2n) is 7.79. The van der Waals surface area contributed by atoms with Crippen molar-refractivity contribution in [3.8, 4) is 22.8 Å². The Morgan fingerprint density at radius 3 is 2.32 bits per heavy atom. The summed E-state index contributed by atoms with van der Waals surface area (Å²) in [5.74, 6) is 1.09. The van der Waals surface area contributed by atoms with E-state index in [1.54, 1.807) is 30.4 Å². The Morgan fingerprint density at radius 1 is 0.912 bits per heavy atom. The first-order valence-corrected chi connectivity index (χ1v) is 11.0. The lowest BCUT2D eigenvalue weighted by atomic mass is 10.1. The quantitative estimate of drug-likeness (QED) is 0.318. The van der Waals surface area contributed by atoms with E-state index in [0.717, 1.165) is 22.6 Å². The number of carbonyl (C=O) groups is 2. The first-order valence-electron chi connectivity index (χ1n) is 11.0. The molecule has 3 aromatic rings. The lowest BCUT2D eigenvalue weighted by Gasteiger charge is -2.34. The molecule has 1 fully saturated rings. The number of hydrogen-bond donors (Lipinski definition) is 0. The molecule has 2 aromatic carbocycles. The monoisotopic (exact) mass is 458 g/mol. The van der Waals surface area contributed by atoms with Crippen LogP contribution in [0, 0.1) is 0 Å². The molecule has 0 unspecified atom stereocenters. The zero-order chi connectivity index (χ0) is 23.9. The van der Waals surface area contributed by atoms with Crippen LogP contribution in [0.4, 0.5) is 5.82 Å². The van der Waals surface area contributed by atoms with E-state index in [-0.39, 0.29) is 5.91 Å². The van der Waals surface area contributed by atoms with Crippen LogP contribution in [0.15, 0.2) is 66.7 Å². The highest BCUT2D eigenvalue weighted by Crippen LogP contribution is 2.28. The highest BCUT2D eigenvalue weighted by molar-refractivity contribution is 5.92. The molecule has 4 rings (SSSR count). The van der Waals surface area contributed by atoms with Crippen LogP contribution in [0.2, 0.25) is 0 Å². The Bertz CT molecular complexity index is 1170. The van der Waals surface area contributed by atoms with E-state index < -0.39 is 5.97 Å². The summed E-state index contributed by atoms with van der Waals surface area (Å²) in [6, 6.07) is 19.0. The summed E-state index contributed by atoms with van der Waals surface area (Å²) in [5, 5.41) is 8.74. The van der Waals surface area contributed by atoms with Gasteiger partial charge >= 0.3 is 5.97 Å². The predicted molar refractivity (Wildman–Crippen MR) is 130 cm³/mol. The Balaban J connectivity index is 1.33. The molecular formula is C26H26N4O4. The lowest BCUT2D eigenvalue weighted by molar-refractivity contribution is -0.132. The normalized spacial score (nSPS) is 13.7. The van der Waals surface area contributed by atoms with Crippen molar-refractivity contribution in [3.05, 3.63) is 72.3 Å². The summed E-state index contributed by atoms with van der Waals surface area (Å²) in [4.78, 5) is 27.8. The number of piperazine rings is 1. The SMILES string of the molecule is COc1cc(/C=C/C(=O)N2CCN(c3ccc(-c4ccccc4)nn3)CC2)ccc1OC(C)=O. The van der Waals surface area contributed by atoms with Crippen LogP contribution in [0.25, 0.3) is 17.3 Å². The number of carbonyl (C=O) groups excluding carboxylic acids is 2. The van der Waals surface area contributed by atoms with Crippen molar-refractivity contribution in [3.63, 3.8) is 0 Å². The molecule has 1 aliphatic rings. The van der Waals surface area contributed by atoms with Crippen molar-refractivity contribution >= 4 is 23.8 Å². The maximum Gasteiger partial charge on any atom is 0.308 e. The van der Waals surface area contributed by atoms with Crippen LogP contribution in [-0.2, 0) is 9.59 Å². The summed E-state index contributed by atoms with van der Waals surface area (Å²) >= 11 is 0. The molecule has 0 N–H and O–H groups in total. The molecule has 0 radical (unpaired) electrons. The highest BCUT2D eigenvalue weighted by Gasteiger charge is 2.21. The van der Waals surface area contributed by atoms with Gasteiger partial charge in [-0.3, -0.25) is 9.59 Å². The second-order valence-corrected chi connectivity index (χ2v) is 7.79. The molecule has 0 saturated carbocycles. The maximum absolute atomic E-state index is 12.7. The van der Waals surface area contributed by atoms with Gasteiger partial charge in [0.1, 0.15) is 0 Å². The Morgan fingerprint density at radius 2 is 1.68 bits per heavy atom. The summed E-state index contributed by atoms with van der Waals surface area (Å²) in [7, 11) is 1.50. The van der Waals surface area contributed by atoms with Gasteiger partial charge in [-0.25, -0.2) is 0 Å². The number of anilines is 1. The van der Waals surface area contributed by atoms with Crippen LogP contribution in [0.1, 0.15) is 12.5 Å². The average Bonchev–Trinajstić information content (AvgIpc) is 2.88. The van der Waals surface area contributed by atoms with Crippen LogP contribution in [0.5, 0.6) is 11.5 Å². The minimum Gasteiger partial charge on any atom is -0.493 e. The third-order valence-corrected chi connectivity index (χ3v) is 5.50. The van der Waals surface area contributed by atoms with Crippen LogP contribution in [0.3, 0.4) is 0 Å². The molecular weight excluding hydrogens is 432 g/mol. The van der Waals surface area contributed by atoms with E-state index in [9.17, 15) is 9.59 Å². The average molecular weight is 459 g/mol. The highest BCUT2D eigenvalue weighted by atomic mass is 16.6. The van der Waals surface area contributed by atoms with Gasteiger partial charge in [0.15, 0.2) is 17.3 Å². The molecule has 0 bridgehead atoms. The van der Waals surface area contributed by atoms with Crippen molar-refractivity contribution in [2.45, 2.75) is 6.92 Å². The summed E-state index contributed by atoms with van der Waals surface area (Å²) in [5.41, 5.74) is 2.64. The number of esters is 1. The predicted octanol–water partition coefficient (Wildman–Crippen LogP) is 3.44. The number of methoxy groups -OCH3 is 1. The smallest absolute Gasteiger partial charge is 0.308 e.